The molecular weight excluding hydrogens is 222 g/mol. The fraction of sp³-hybridized carbons (Fsp3) is 0.750. The fourth-order valence-corrected chi connectivity index (χ4v) is 2.81. The van der Waals surface area contributed by atoms with E-state index in [-0.39, 0.29) is 5.91 Å². The van der Waals surface area contributed by atoms with Crippen LogP contribution in [0.2, 0.25) is 0 Å². The molecule has 0 saturated carbocycles. The molecule has 0 bridgehead atoms. The van der Waals surface area contributed by atoms with Crippen molar-refractivity contribution in [2.75, 3.05) is 18.1 Å². The maximum Gasteiger partial charge on any atom is 0.238 e. The van der Waals surface area contributed by atoms with Gasteiger partial charge >= 0.3 is 0 Å². The predicted molar refractivity (Wildman–Crippen MR) is 64.4 cm³/mol. The molecule has 0 aliphatic carbocycles. The molecule has 0 atom stereocenters. The summed E-state index contributed by atoms with van der Waals surface area (Å²) in [5, 5.41) is 0.507. The largest absolute Gasteiger partial charge is 0.296 e. The number of carbonyl (C=O) groups is 1. The van der Waals surface area contributed by atoms with E-state index in [9.17, 15) is 4.79 Å². The summed E-state index contributed by atoms with van der Waals surface area (Å²) in [6.45, 7) is 4.98. The van der Waals surface area contributed by atoms with Gasteiger partial charge in [0.05, 0.1) is 5.75 Å². The van der Waals surface area contributed by atoms with E-state index in [1.165, 1.54) is 0 Å². The number of amides is 1. The lowest BCUT2D eigenvalue weighted by Crippen LogP contribution is -2.32. The molecule has 0 radical (unpaired) electrons. The highest BCUT2D eigenvalue weighted by Crippen LogP contribution is 2.19. The quantitative estimate of drug-likeness (QED) is 0.697. The molecule has 1 saturated heterocycles. The van der Waals surface area contributed by atoms with Crippen LogP contribution in [0.15, 0.2) is 0 Å². The Morgan fingerprint density at radius 3 is 2.92 bits per heavy atom. The molecule has 0 unspecified atom stereocenters. The molecule has 0 spiro atoms. The van der Waals surface area contributed by atoms with Gasteiger partial charge in [0.25, 0.3) is 0 Å². The summed E-state index contributed by atoms with van der Waals surface area (Å²) in [6.07, 6.45) is 0. The summed E-state index contributed by atoms with van der Waals surface area (Å²) < 4.78 is 0.745. The molecule has 2 nitrogen and oxygen atoms in total. The highest BCUT2D eigenvalue weighted by atomic mass is 32.2. The van der Waals surface area contributed by atoms with Gasteiger partial charge in [-0.05, 0) is 5.25 Å². The van der Waals surface area contributed by atoms with Gasteiger partial charge in [0, 0.05) is 12.3 Å². The van der Waals surface area contributed by atoms with Crippen LogP contribution in [0.4, 0.5) is 0 Å². The van der Waals surface area contributed by atoms with E-state index in [0.717, 1.165) is 16.6 Å². The normalized spacial score (nSPS) is 17.2. The smallest absolute Gasteiger partial charge is 0.238 e. The third kappa shape index (κ3) is 3.48. The molecule has 13 heavy (non-hydrogen) atoms. The van der Waals surface area contributed by atoms with Crippen molar-refractivity contribution in [1.82, 2.24) is 4.90 Å². The first-order valence-corrected chi connectivity index (χ1v) is 6.64. The first kappa shape index (κ1) is 11.3. The van der Waals surface area contributed by atoms with Crippen LogP contribution in [0.25, 0.3) is 0 Å². The average molecular weight is 235 g/mol. The Kier molecular flexibility index (Phi) is 4.55. The first-order chi connectivity index (χ1) is 6.11. The van der Waals surface area contributed by atoms with E-state index in [1.807, 2.05) is 0 Å². The number of hydrogen-bond acceptors (Lipinski definition) is 4. The van der Waals surface area contributed by atoms with Crippen molar-refractivity contribution in [2.24, 2.45) is 0 Å². The van der Waals surface area contributed by atoms with E-state index < -0.39 is 0 Å². The Hall–Kier alpha value is 0.260. The van der Waals surface area contributed by atoms with Crippen LogP contribution >= 0.6 is 35.7 Å². The zero-order chi connectivity index (χ0) is 9.84. The minimum Gasteiger partial charge on any atom is -0.296 e. The molecule has 0 aromatic carbocycles. The Balaban J connectivity index is 2.34. The second-order valence-corrected chi connectivity index (χ2v) is 6.31. The predicted octanol–water partition coefficient (Wildman–Crippen LogP) is 1.99. The highest BCUT2D eigenvalue weighted by molar-refractivity contribution is 8.23. The number of rotatable bonds is 3. The van der Waals surface area contributed by atoms with Crippen LogP contribution in [0.1, 0.15) is 13.8 Å². The van der Waals surface area contributed by atoms with Gasteiger partial charge in [-0.25, -0.2) is 0 Å². The van der Waals surface area contributed by atoms with Crippen molar-refractivity contribution in [3.63, 3.8) is 0 Å². The van der Waals surface area contributed by atoms with Gasteiger partial charge in [-0.2, -0.15) is 0 Å². The molecule has 1 rings (SSSR count). The van der Waals surface area contributed by atoms with Gasteiger partial charge in [-0.3, -0.25) is 9.69 Å². The number of thiocarbonyl (C=S) groups is 1. The lowest BCUT2D eigenvalue weighted by atomic mass is 10.5. The molecule has 1 aliphatic heterocycles. The molecule has 74 valence electrons. The monoisotopic (exact) mass is 235 g/mol. The van der Waals surface area contributed by atoms with Crippen molar-refractivity contribution in [1.29, 1.82) is 0 Å². The molecule has 1 heterocycles. The molecular formula is C8H13NOS3. The molecule has 0 N–H and O–H groups in total. The van der Waals surface area contributed by atoms with Crippen molar-refractivity contribution < 1.29 is 4.79 Å². The van der Waals surface area contributed by atoms with E-state index in [2.05, 4.69) is 13.8 Å². The topological polar surface area (TPSA) is 20.3 Å². The van der Waals surface area contributed by atoms with Crippen LogP contribution in [0.5, 0.6) is 0 Å². The summed E-state index contributed by atoms with van der Waals surface area (Å²) in [4.78, 5) is 13.3. The minimum atomic E-state index is 0.161. The van der Waals surface area contributed by atoms with Crippen molar-refractivity contribution in [3.05, 3.63) is 0 Å². The Morgan fingerprint density at radius 1 is 1.77 bits per heavy atom. The number of thioether (sulfide) groups is 2. The highest BCUT2D eigenvalue weighted by Gasteiger charge is 2.23. The van der Waals surface area contributed by atoms with E-state index >= 15 is 0 Å². The zero-order valence-corrected chi connectivity index (χ0v) is 10.2. The van der Waals surface area contributed by atoms with Crippen LogP contribution < -0.4 is 0 Å². The number of hydrogen-bond donors (Lipinski definition) is 0. The summed E-state index contributed by atoms with van der Waals surface area (Å²) in [5.74, 6) is 1.67. The van der Waals surface area contributed by atoms with Gasteiger partial charge in [0.2, 0.25) is 5.91 Å². The summed E-state index contributed by atoms with van der Waals surface area (Å²) >= 11 is 8.32. The molecule has 5 heteroatoms. The van der Waals surface area contributed by atoms with Crippen LogP contribution in [0, 0.1) is 0 Å². The second-order valence-electron chi connectivity index (χ2n) is 3.02. The summed E-state index contributed by atoms with van der Waals surface area (Å²) in [7, 11) is 0. The number of carbonyl (C=O) groups excluding carboxylic acids is 1. The van der Waals surface area contributed by atoms with Gasteiger partial charge < -0.3 is 0 Å². The Morgan fingerprint density at radius 2 is 2.46 bits per heavy atom. The lowest BCUT2D eigenvalue weighted by Gasteiger charge is -2.14. The third-order valence-electron chi connectivity index (χ3n) is 1.60. The summed E-state index contributed by atoms with van der Waals surface area (Å²) in [6, 6.07) is 0. The van der Waals surface area contributed by atoms with Crippen molar-refractivity contribution in [3.8, 4) is 0 Å². The van der Waals surface area contributed by atoms with E-state index in [1.54, 1.807) is 28.4 Å². The zero-order valence-electron chi connectivity index (χ0n) is 7.78. The standard InChI is InChI=1S/C8H13NOS3/c1-6(2)13-5-7(10)9-3-4-12-8(9)11/h6H,3-5H2,1-2H3. The Labute approximate surface area is 92.8 Å². The molecule has 1 amide bonds. The Bertz CT molecular complexity index is 217. The average Bonchev–Trinajstić information content (AvgIpc) is 2.47. The van der Waals surface area contributed by atoms with Crippen LogP contribution in [-0.4, -0.2) is 38.4 Å². The lowest BCUT2D eigenvalue weighted by molar-refractivity contribution is -0.124. The fourth-order valence-electron chi connectivity index (χ4n) is 0.936. The SMILES string of the molecule is CC(C)SCC(=O)N1CCSC1=S. The van der Waals surface area contributed by atoms with E-state index in [4.69, 9.17) is 12.2 Å². The van der Waals surface area contributed by atoms with Gasteiger partial charge in [-0.15, -0.1) is 11.8 Å². The maximum absolute atomic E-state index is 11.6. The third-order valence-corrected chi connectivity index (χ3v) is 4.11. The molecule has 1 fully saturated rings. The number of nitrogens with zero attached hydrogens (tertiary/aromatic N) is 1. The first-order valence-electron chi connectivity index (χ1n) is 4.20. The van der Waals surface area contributed by atoms with Crippen LogP contribution in [0.3, 0.4) is 0 Å². The molecule has 0 aromatic rings. The van der Waals surface area contributed by atoms with Gasteiger partial charge in [0.1, 0.15) is 4.32 Å². The van der Waals surface area contributed by atoms with Crippen molar-refractivity contribution >= 4 is 46.0 Å². The minimum absolute atomic E-state index is 0.161. The second kappa shape index (κ2) is 5.22. The molecule has 1 aliphatic rings. The molecule has 0 aromatic heterocycles. The van der Waals surface area contributed by atoms with Gasteiger partial charge in [0.15, 0.2) is 0 Å². The van der Waals surface area contributed by atoms with E-state index in [0.29, 0.717) is 11.0 Å². The van der Waals surface area contributed by atoms with Crippen LogP contribution in [-0.2, 0) is 4.79 Å². The summed E-state index contributed by atoms with van der Waals surface area (Å²) in [5.41, 5.74) is 0. The van der Waals surface area contributed by atoms with Gasteiger partial charge in [-0.1, -0.05) is 37.8 Å². The maximum atomic E-state index is 11.6. The van der Waals surface area contributed by atoms with Crippen molar-refractivity contribution in [2.45, 2.75) is 19.1 Å².